The second-order valence-corrected chi connectivity index (χ2v) is 10.5. The molecule has 5 aromatic carbocycles. The average molecular weight is 619 g/mol. The molecule has 1 aromatic heterocycles. The van der Waals surface area contributed by atoms with E-state index in [2.05, 4.69) is 40.3 Å². The van der Waals surface area contributed by atoms with E-state index in [9.17, 15) is 9.59 Å². The molecule has 200 valence electrons. The number of carbonyl (C=O) groups is 2. The Hall–Kier alpha value is -4.59. The zero-order chi connectivity index (χ0) is 27.1. The summed E-state index contributed by atoms with van der Waals surface area (Å²) in [5, 5.41) is 4.33. The van der Waals surface area contributed by atoms with Crippen molar-refractivity contribution in [2.75, 3.05) is 4.90 Å². The van der Waals surface area contributed by atoms with Crippen molar-refractivity contribution in [3.8, 4) is 11.3 Å². The van der Waals surface area contributed by atoms with Crippen molar-refractivity contribution in [1.82, 2.24) is 4.57 Å². The van der Waals surface area contributed by atoms with Crippen molar-refractivity contribution in [1.29, 1.82) is 0 Å². The number of hydrogen-bond donors (Lipinski definition) is 0. The Kier molecular flexibility index (Phi) is 7.22. The lowest BCUT2D eigenvalue weighted by atomic mass is 10.1. The number of aromatic nitrogens is 1. The number of benzene rings is 5. The van der Waals surface area contributed by atoms with Crippen LogP contribution in [0, 0.1) is 0 Å². The van der Waals surface area contributed by atoms with E-state index in [1.54, 1.807) is 41.7 Å². The number of hydrogen-bond acceptors (Lipinski definition) is 4. The lowest BCUT2D eigenvalue weighted by Gasteiger charge is -2.16. The SMILES string of the molecule is Br.O=C1c2ccccc2C(=O)N1c1cccc(-c2csc(=Nc3cccc4ccccc34)n2Cc2ccccc2)c1. The zero-order valence-electron chi connectivity index (χ0n) is 21.8. The Labute approximate surface area is 251 Å². The molecule has 0 spiro atoms. The van der Waals surface area contributed by atoms with E-state index in [0.29, 0.717) is 23.4 Å². The second kappa shape index (κ2) is 11.1. The number of thiazole rings is 1. The molecule has 0 saturated carbocycles. The Balaban J connectivity index is 0.00000302. The minimum absolute atomic E-state index is 0. The van der Waals surface area contributed by atoms with E-state index >= 15 is 0 Å². The molecular formula is C34H24BrN3O2S. The fourth-order valence-corrected chi connectivity index (χ4v) is 6.13. The summed E-state index contributed by atoms with van der Waals surface area (Å²) in [7, 11) is 0. The molecule has 0 fully saturated rings. The number of rotatable bonds is 5. The summed E-state index contributed by atoms with van der Waals surface area (Å²) in [4.78, 5) is 33.6. The van der Waals surface area contributed by atoms with E-state index in [0.717, 1.165) is 38.1 Å². The molecule has 7 rings (SSSR count). The molecule has 0 radical (unpaired) electrons. The first-order chi connectivity index (χ1) is 19.7. The van der Waals surface area contributed by atoms with Crippen LogP contribution in [0.15, 0.2) is 132 Å². The van der Waals surface area contributed by atoms with Gasteiger partial charge in [-0.3, -0.25) is 9.59 Å². The highest BCUT2D eigenvalue weighted by Gasteiger charge is 2.36. The molecule has 1 aliphatic rings. The van der Waals surface area contributed by atoms with Crippen molar-refractivity contribution in [2.45, 2.75) is 6.54 Å². The molecule has 0 atom stereocenters. The molecule has 6 aromatic rings. The Morgan fingerprint density at radius 2 is 1.34 bits per heavy atom. The first kappa shape index (κ1) is 26.6. The normalized spacial score (nSPS) is 13.0. The fourth-order valence-electron chi connectivity index (χ4n) is 5.21. The molecule has 5 nitrogen and oxygen atoms in total. The number of imide groups is 1. The maximum Gasteiger partial charge on any atom is 0.266 e. The third-order valence-corrected chi connectivity index (χ3v) is 8.02. The van der Waals surface area contributed by atoms with Crippen LogP contribution < -0.4 is 9.70 Å². The molecule has 2 amide bonds. The minimum atomic E-state index is -0.299. The molecule has 0 aliphatic carbocycles. The quantitative estimate of drug-likeness (QED) is 0.184. The first-order valence-electron chi connectivity index (χ1n) is 13.0. The predicted octanol–water partition coefficient (Wildman–Crippen LogP) is 8.03. The molecule has 0 unspecified atom stereocenters. The smallest absolute Gasteiger partial charge is 0.266 e. The van der Waals surface area contributed by atoms with Crippen LogP contribution in [0.5, 0.6) is 0 Å². The van der Waals surface area contributed by atoms with Crippen LogP contribution in [-0.4, -0.2) is 16.4 Å². The highest BCUT2D eigenvalue weighted by atomic mass is 79.9. The van der Waals surface area contributed by atoms with Crippen molar-refractivity contribution in [3.63, 3.8) is 0 Å². The van der Waals surface area contributed by atoms with Gasteiger partial charge < -0.3 is 4.57 Å². The highest BCUT2D eigenvalue weighted by Crippen LogP contribution is 2.32. The van der Waals surface area contributed by atoms with E-state index in [4.69, 9.17) is 4.99 Å². The van der Waals surface area contributed by atoms with Gasteiger partial charge in [0, 0.05) is 16.3 Å². The van der Waals surface area contributed by atoms with E-state index in [-0.39, 0.29) is 28.8 Å². The van der Waals surface area contributed by atoms with Gasteiger partial charge in [-0.05, 0) is 41.3 Å². The van der Waals surface area contributed by atoms with Gasteiger partial charge in [0.2, 0.25) is 0 Å². The van der Waals surface area contributed by atoms with Gasteiger partial charge in [-0.1, -0.05) is 91.0 Å². The van der Waals surface area contributed by atoms with E-state index in [1.165, 1.54) is 4.90 Å². The van der Waals surface area contributed by atoms with Crippen molar-refractivity contribution in [3.05, 3.63) is 148 Å². The molecule has 7 heteroatoms. The van der Waals surface area contributed by atoms with E-state index < -0.39 is 0 Å². The Morgan fingerprint density at radius 3 is 2.12 bits per heavy atom. The number of amides is 2. The van der Waals surface area contributed by atoms with Gasteiger partial charge in [-0.15, -0.1) is 28.3 Å². The number of nitrogens with zero attached hydrogens (tertiary/aromatic N) is 3. The fraction of sp³-hybridized carbons (Fsp3) is 0.0294. The van der Waals surface area contributed by atoms with Crippen LogP contribution in [0.25, 0.3) is 22.0 Å². The second-order valence-electron chi connectivity index (χ2n) is 9.63. The third kappa shape index (κ3) is 4.84. The van der Waals surface area contributed by atoms with E-state index in [1.807, 2.05) is 60.7 Å². The molecule has 0 bridgehead atoms. The molecule has 2 heterocycles. The molecule has 0 N–H and O–H groups in total. The predicted molar refractivity (Wildman–Crippen MR) is 170 cm³/mol. The largest absolute Gasteiger partial charge is 0.312 e. The number of carbonyl (C=O) groups excluding carboxylic acids is 2. The lowest BCUT2D eigenvalue weighted by molar-refractivity contribution is 0.0926. The zero-order valence-corrected chi connectivity index (χ0v) is 24.3. The van der Waals surface area contributed by atoms with Crippen LogP contribution in [0.2, 0.25) is 0 Å². The van der Waals surface area contributed by atoms with Crippen LogP contribution in [0.1, 0.15) is 26.3 Å². The van der Waals surface area contributed by atoms with Crippen molar-refractivity contribution >= 4 is 62.3 Å². The van der Waals surface area contributed by atoms with Gasteiger partial charge in [-0.2, -0.15) is 0 Å². The van der Waals surface area contributed by atoms with Gasteiger partial charge in [0.25, 0.3) is 11.8 Å². The topological polar surface area (TPSA) is 54.7 Å². The molecule has 41 heavy (non-hydrogen) atoms. The maximum atomic E-state index is 13.2. The van der Waals surface area contributed by atoms with Gasteiger partial charge in [0.05, 0.1) is 34.7 Å². The van der Waals surface area contributed by atoms with Gasteiger partial charge in [0.15, 0.2) is 4.80 Å². The number of fused-ring (bicyclic) bond motifs is 2. The highest BCUT2D eigenvalue weighted by molar-refractivity contribution is 8.93. The molecular weight excluding hydrogens is 594 g/mol. The summed E-state index contributed by atoms with van der Waals surface area (Å²) in [6, 6.07) is 39.3. The molecule has 0 saturated heterocycles. The van der Waals surface area contributed by atoms with Crippen LogP contribution in [-0.2, 0) is 6.54 Å². The van der Waals surface area contributed by atoms with Crippen LogP contribution in [0.4, 0.5) is 11.4 Å². The maximum absolute atomic E-state index is 13.2. The molecule has 1 aliphatic heterocycles. The van der Waals surface area contributed by atoms with Crippen LogP contribution in [0.3, 0.4) is 0 Å². The average Bonchev–Trinajstić information content (AvgIpc) is 3.51. The Morgan fingerprint density at radius 1 is 0.683 bits per heavy atom. The monoisotopic (exact) mass is 617 g/mol. The summed E-state index contributed by atoms with van der Waals surface area (Å²) in [6.45, 7) is 0.626. The lowest BCUT2D eigenvalue weighted by Crippen LogP contribution is -2.29. The number of anilines is 1. The summed E-state index contributed by atoms with van der Waals surface area (Å²) in [6.07, 6.45) is 0. The number of halogens is 1. The van der Waals surface area contributed by atoms with Gasteiger partial charge in [-0.25, -0.2) is 9.89 Å². The standard InChI is InChI=1S/C34H23N3O2S.BrH/c38-32-28-17-6-7-18-29(28)33(39)37(32)26-15-8-14-25(20-26)31-22-40-34(36(31)21-23-10-2-1-3-11-23)35-30-19-9-13-24-12-4-5-16-27(24)30;/h1-20,22H,21H2;1H. The van der Waals surface area contributed by atoms with Crippen LogP contribution >= 0.6 is 28.3 Å². The summed E-state index contributed by atoms with van der Waals surface area (Å²) >= 11 is 1.57. The van der Waals surface area contributed by atoms with Crippen molar-refractivity contribution < 1.29 is 9.59 Å². The van der Waals surface area contributed by atoms with Gasteiger partial charge in [0.1, 0.15) is 0 Å². The summed E-state index contributed by atoms with van der Waals surface area (Å²) in [5.74, 6) is -0.598. The summed E-state index contributed by atoms with van der Waals surface area (Å²) in [5.41, 5.74) is 5.35. The minimum Gasteiger partial charge on any atom is -0.312 e. The summed E-state index contributed by atoms with van der Waals surface area (Å²) < 4.78 is 2.20. The first-order valence-corrected chi connectivity index (χ1v) is 13.9. The third-order valence-electron chi connectivity index (χ3n) is 7.16. The Bertz CT molecular complexity index is 1950. The van der Waals surface area contributed by atoms with Gasteiger partial charge >= 0.3 is 0 Å². The van der Waals surface area contributed by atoms with Crippen molar-refractivity contribution in [2.24, 2.45) is 4.99 Å².